The highest BCUT2D eigenvalue weighted by molar-refractivity contribution is 6.10. The van der Waals surface area contributed by atoms with Gasteiger partial charge in [0.05, 0.1) is 0 Å². The van der Waals surface area contributed by atoms with Gasteiger partial charge in [-0.2, -0.15) is 0 Å². The molecule has 0 bridgehead atoms. The van der Waals surface area contributed by atoms with Gasteiger partial charge in [-0.05, 0) is 43.3 Å². The van der Waals surface area contributed by atoms with E-state index in [0.29, 0.717) is 5.69 Å². The van der Waals surface area contributed by atoms with Crippen molar-refractivity contribution in [3.63, 3.8) is 0 Å². The van der Waals surface area contributed by atoms with Crippen LogP contribution < -0.4 is 5.32 Å². The molecule has 23 heavy (non-hydrogen) atoms. The molecule has 0 fully saturated rings. The summed E-state index contributed by atoms with van der Waals surface area (Å²) in [4.78, 5) is 15.1. The molecule has 0 aliphatic heterocycles. The first-order valence-corrected chi connectivity index (χ1v) is 7.73. The molecule has 4 nitrogen and oxygen atoms in total. The van der Waals surface area contributed by atoms with Crippen LogP contribution in [0.2, 0.25) is 0 Å². The van der Waals surface area contributed by atoms with Crippen molar-refractivity contribution in [2.45, 2.75) is 13.5 Å². The standard InChI is InChI=1S/C19H17N3O/c1-2-22-17-8-4-3-6-14(17)15-12-13(9-10-18(15)22)21-19(23)16-7-5-11-20-16/h3-12,20H,2H2,1H3,(H,21,23). The predicted molar refractivity (Wildman–Crippen MR) is 93.9 cm³/mol. The van der Waals surface area contributed by atoms with Crippen LogP contribution in [0.4, 0.5) is 5.69 Å². The molecule has 1 amide bonds. The second-order valence-electron chi connectivity index (χ2n) is 5.53. The molecule has 0 saturated heterocycles. The Morgan fingerprint density at radius 2 is 1.87 bits per heavy atom. The van der Waals surface area contributed by atoms with E-state index in [9.17, 15) is 4.79 Å². The van der Waals surface area contributed by atoms with E-state index in [-0.39, 0.29) is 5.91 Å². The van der Waals surface area contributed by atoms with E-state index in [1.54, 1.807) is 12.3 Å². The van der Waals surface area contributed by atoms with Crippen molar-refractivity contribution in [1.82, 2.24) is 9.55 Å². The van der Waals surface area contributed by atoms with Gasteiger partial charge in [-0.1, -0.05) is 18.2 Å². The maximum Gasteiger partial charge on any atom is 0.272 e. The highest BCUT2D eigenvalue weighted by atomic mass is 16.1. The Hall–Kier alpha value is -3.01. The van der Waals surface area contributed by atoms with E-state index in [0.717, 1.165) is 17.6 Å². The second-order valence-corrected chi connectivity index (χ2v) is 5.53. The minimum absolute atomic E-state index is 0.131. The smallest absolute Gasteiger partial charge is 0.272 e. The molecule has 4 aromatic rings. The molecule has 0 spiro atoms. The van der Waals surface area contributed by atoms with E-state index < -0.39 is 0 Å². The third kappa shape index (κ3) is 2.19. The van der Waals surface area contributed by atoms with Crippen LogP contribution in [0.5, 0.6) is 0 Å². The average molecular weight is 303 g/mol. The number of aromatic amines is 1. The molecule has 0 aliphatic carbocycles. The number of aromatic nitrogens is 2. The van der Waals surface area contributed by atoms with E-state index in [1.807, 2.05) is 24.3 Å². The Bertz CT molecular complexity index is 996. The summed E-state index contributed by atoms with van der Waals surface area (Å²) in [6, 6.07) is 18.0. The SMILES string of the molecule is CCn1c2ccccc2c2cc(NC(=O)c3ccc[nH]3)ccc21. The number of fused-ring (bicyclic) bond motifs is 3. The third-order valence-corrected chi connectivity index (χ3v) is 4.19. The largest absolute Gasteiger partial charge is 0.357 e. The fourth-order valence-electron chi connectivity index (χ4n) is 3.14. The number of anilines is 1. The highest BCUT2D eigenvalue weighted by Gasteiger charge is 2.11. The van der Waals surface area contributed by atoms with Gasteiger partial charge in [0, 0.05) is 40.2 Å². The van der Waals surface area contributed by atoms with Crippen LogP contribution in [-0.4, -0.2) is 15.5 Å². The summed E-state index contributed by atoms with van der Waals surface area (Å²) in [6.07, 6.45) is 1.74. The molecule has 0 atom stereocenters. The van der Waals surface area contributed by atoms with Crippen molar-refractivity contribution >= 4 is 33.4 Å². The topological polar surface area (TPSA) is 49.8 Å². The number of carbonyl (C=O) groups excluding carboxylic acids is 1. The minimum Gasteiger partial charge on any atom is -0.357 e. The fraction of sp³-hybridized carbons (Fsp3) is 0.105. The lowest BCUT2D eigenvalue weighted by molar-refractivity contribution is 0.102. The summed E-state index contributed by atoms with van der Waals surface area (Å²) in [5.74, 6) is -0.131. The first kappa shape index (κ1) is 13.6. The van der Waals surface area contributed by atoms with Crippen molar-refractivity contribution in [2.75, 3.05) is 5.32 Å². The zero-order valence-electron chi connectivity index (χ0n) is 12.8. The maximum absolute atomic E-state index is 12.2. The van der Waals surface area contributed by atoms with Crippen molar-refractivity contribution in [2.24, 2.45) is 0 Å². The normalized spacial score (nSPS) is 11.2. The van der Waals surface area contributed by atoms with Crippen LogP contribution >= 0.6 is 0 Å². The number of benzene rings is 2. The zero-order valence-corrected chi connectivity index (χ0v) is 12.8. The maximum atomic E-state index is 12.2. The number of H-pyrrole nitrogens is 1. The number of carbonyl (C=O) groups is 1. The zero-order chi connectivity index (χ0) is 15.8. The predicted octanol–water partition coefficient (Wildman–Crippen LogP) is 4.39. The van der Waals surface area contributed by atoms with Crippen LogP contribution in [0.25, 0.3) is 21.8 Å². The van der Waals surface area contributed by atoms with Gasteiger partial charge in [-0.3, -0.25) is 4.79 Å². The number of hydrogen-bond acceptors (Lipinski definition) is 1. The second kappa shape index (κ2) is 5.32. The first-order valence-electron chi connectivity index (χ1n) is 7.73. The third-order valence-electron chi connectivity index (χ3n) is 4.19. The van der Waals surface area contributed by atoms with E-state index in [4.69, 9.17) is 0 Å². The quantitative estimate of drug-likeness (QED) is 0.579. The molecule has 0 unspecified atom stereocenters. The molecule has 0 saturated carbocycles. The van der Waals surface area contributed by atoms with Crippen molar-refractivity contribution in [3.8, 4) is 0 Å². The summed E-state index contributed by atoms with van der Waals surface area (Å²) in [6.45, 7) is 3.06. The van der Waals surface area contributed by atoms with Crippen molar-refractivity contribution in [3.05, 3.63) is 66.5 Å². The lowest BCUT2D eigenvalue weighted by Crippen LogP contribution is -2.12. The van der Waals surface area contributed by atoms with Crippen molar-refractivity contribution < 1.29 is 4.79 Å². The van der Waals surface area contributed by atoms with Gasteiger partial charge >= 0.3 is 0 Å². The Kier molecular flexibility index (Phi) is 3.15. The number of nitrogens with zero attached hydrogens (tertiary/aromatic N) is 1. The van der Waals surface area contributed by atoms with Crippen molar-refractivity contribution in [1.29, 1.82) is 0 Å². The monoisotopic (exact) mass is 303 g/mol. The van der Waals surface area contributed by atoms with Crippen LogP contribution in [-0.2, 0) is 6.54 Å². The molecule has 2 N–H and O–H groups in total. The van der Waals surface area contributed by atoms with Gasteiger partial charge in [-0.15, -0.1) is 0 Å². The van der Waals surface area contributed by atoms with E-state index >= 15 is 0 Å². The molecular weight excluding hydrogens is 286 g/mol. The Labute approximate surface area is 133 Å². The van der Waals surface area contributed by atoms with E-state index in [1.165, 1.54) is 16.4 Å². The Morgan fingerprint density at radius 1 is 1.04 bits per heavy atom. The molecule has 0 aliphatic rings. The summed E-state index contributed by atoms with van der Waals surface area (Å²) in [7, 11) is 0. The summed E-state index contributed by atoms with van der Waals surface area (Å²) < 4.78 is 2.29. The van der Waals surface area contributed by atoms with Gasteiger partial charge in [0.1, 0.15) is 5.69 Å². The molecule has 114 valence electrons. The van der Waals surface area contributed by atoms with Gasteiger partial charge in [0.15, 0.2) is 0 Å². The van der Waals surface area contributed by atoms with Crippen LogP contribution in [0, 0.1) is 0 Å². The first-order chi connectivity index (χ1) is 11.3. The molecule has 0 radical (unpaired) electrons. The summed E-state index contributed by atoms with van der Waals surface area (Å²) >= 11 is 0. The fourth-order valence-corrected chi connectivity index (χ4v) is 3.14. The number of para-hydroxylation sites is 1. The summed E-state index contributed by atoms with van der Waals surface area (Å²) in [5.41, 5.74) is 3.77. The number of nitrogens with one attached hydrogen (secondary N) is 2. The van der Waals surface area contributed by atoms with Gasteiger partial charge < -0.3 is 14.9 Å². The van der Waals surface area contributed by atoms with Crippen LogP contribution in [0.3, 0.4) is 0 Å². The van der Waals surface area contributed by atoms with Crippen LogP contribution in [0.15, 0.2) is 60.8 Å². The average Bonchev–Trinajstić information content (AvgIpc) is 3.21. The van der Waals surface area contributed by atoms with Gasteiger partial charge in [0.25, 0.3) is 5.91 Å². The lowest BCUT2D eigenvalue weighted by atomic mass is 10.1. The summed E-state index contributed by atoms with van der Waals surface area (Å²) in [5, 5.41) is 5.32. The number of rotatable bonds is 3. The number of amides is 1. The Morgan fingerprint density at radius 3 is 2.65 bits per heavy atom. The lowest BCUT2D eigenvalue weighted by Gasteiger charge is -2.06. The number of hydrogen-bond donors (Lipinski definition) is 2. The highest BCUT2D eigenvalue weighted by Crippen LogP contribution is 2.31. The molecule has 4 heteroatoms. The molecule has 2 aromatic carbocycles. The minimum atomic E-state index is -0.131. The van der Waals surface area contributed by atoms with Gasteiger partial charge in [-0.25, -0.2) is 0 Å². The van der Waals surface area contributed by atoms with Gasteiger partial charge in [0.2, 0.25) is 0 Å². The van der Waals surface area contributed by atoms with Crippen LogP contribution in [0.1, 0.15) is 17.4 Å². The molecule has 2 heterocycles. The molecule has 4 rings (SSSR count). The van der Waals surface area contributed by atoms with E-state index in [2.05, 4.69) is 46.1 Å². The molecular formula is C19H17N3O. The Balaban J connectivity index is 1.81. The number of aryl methyl sites for hydroxylation is 1. The molecule has 2 aromatic heterocycles.